The molecule has 0 aliphatic carbocycles. The van der Waals surface area contributed by atoms with Crippen molar-refractivity contribution in [3.8, 4) is 0 Å². The summed E-state index contributed by atoms with van der Waals surface area (Å²) in [4.78, 5) is 25.8. The van der Waals surface area contributed by atoms with Crippen molar-refractivity contribution in [2.75, 3.05) is 0 Å². The zero-order valence-corrected chi connectivity index (χ0v) is 14.2. The van der Waals surface area contributed by atoms with E-state index < -0.39 is 10.9 Å². The van der Waals surface area contributed by atoms with Gasteiger partial charge in [-0.25, -0.2) is 4.68 Å². The van der Waals surface area contributed by atoms with E-state index in [1.165, 1.54) is 15.7 Å². The van der Waals surface area contributed by atoms with Crippen LogP contribution in [0, 0.1) is 10.1 Å². The number of aryl methyl sites for hydroxylation is 1. The summed E-state index contributed by atoms with van der Waals surface area (Å²) in [5.41, 5.74) is 1.13. The maximum atomic E-state index is 12.4. The van der Waals surface area contributed by atoms with Gasteiger partial charge in [-0.05, 0) is 30.9 Å². The summed E-state index contributed by atoms with van der Waals surface area (Å²) in [6, 6.07) is 3.18. The number of nitrogens with one attached hydrogen (secondary N) is 1. The maximum absolute atomic E-state index is 12.4. The van der Waals surface area contributed by atoms with Gasteiger partial charge in [0.15, 0.2) is 6.67 Å². The largest absolute Gasteiger partial charge is 0.491 e. The number of carbonyl (C=O) groups is 1. The van der Waals surface area contributed by atoms with Crippen molar-refractivity contribution in [1.29, 1.82) is 0 Å². The van der Waals surface area contributed by atoms with Crippen LogP contribution in [0.15, 0.2) is 30.9 Å². The van der Waals surface area contributed by atoms with Gasteiger partial charge < -0.3 is 15.4 Å². The Hall–Kier alpha value is -3.57. The van der Waals surface area contributed by atoms with E-state index in [1.807, 2.05) is 19.9 Å². The predicted molar refractivity (Wildman–Crippen MR) is 88.1 cm³/mol. The smallest absolute Gasteiger partial charge is 0.390 e. The number of aromatic nitrogens is 7. The van der Waals surface area contributed by atoms with Gasteiger partial charge in [-0.1, -0.05) is 4.98 Å². The summed E-state index contributed by atoms with van der Waals surface area (Å²) in [6.45, 7) is 4.65. The molecule has 0 fully saturated rings. The van der Waals surface area contributed by atoms with Crippen LogP contribution in [0.5, 0.6) is 0 Å². The van der Waals surface area contributed by atoms with Crippen LogP contribution >= 0.6 is 0 Å². The van der Waals surface area contributed by atoms with Gasteiger partial charge in [0.25, 0.3) is 5.91 Å². The van der Waals surface area contributed by atoms with Gasteiger partial charge in [-0.3, -0.25) is 9.48 Å². The molecule has 0 spiro atoms. The molecule has 0 saturated carbocycles. The first kappa shape index (κ1) is 17.3. The number of nitrogens with zero attached hydrogens (tertiary/aromatic N) is 8. The molecule has 1 amide bonds. The lowest BCUT2D eigenvalue weighted by Gasteiger charge is -2.14. The first-order valence-electron chi connectivity index (χ1n) is 7.87. The summed E-state index contributed by atoms with van der Waals surface area (Å²) in [5.74, 6) is -0.818. The third-order valence-corrected chi connectivity index (χ3v) is 3.69. The van der Waals surface area contributed by atoms with Gasteiger partial charge in [0.2, 0.25) is 6.33 Å². The van der Waals surface area contributed by atoms with Crippen LogP contribution in [0.25, 0.3) is 0 Å². The lowest BCUT2D eigenvalue weighted by atomic mass is 10.2. The minimum atomic E-state index is -0.680. The van der Waals surface area contributed by atoms with Gasteiger partial charge in [-0.2, -0.15) is 14.9 Å². The summed E-state index contributed by atoms with van der Waals surface area (Å²) >= 11 is 0. The molecular weight excluding hydrogens is 342 g/mol. The molecule has 0 radical (unpaired) electrons. The molecule has 0 bridgehead atoms. The fourth-order valence-electron chi connectivity index (χ4n) is 2.47. The SMILES string of the molecule is CCn1nccc1C(C)NC(=O)c1ccn(Cn2cnc([N+](=O)[O-])n2)n1. The number of amides is 1. The Morgan fingerprint density at radius 1 is 1.35 bits per heavy atom. The number of carbonyl (C=O) groups excluding carboxylic acids is 1. The third kappa shape index (κ3) is 3.58. The van der Waals surface area contributed by atoms with Crippen molar-refractivity contribution in [3.63, 3.8) is 0 Å². The number of hydrogen-bond donors (Lipinski definition) is 1. The summed E-state index contributed by atoms with van der Waals surface area (Å²) in [7, 11) is 0. The second-order valence-corrected chi connectivity index (χ2v) is 5.49. The average Bonchev–Trinajstić information content (AvgIpc) is 3.35. The molecule has 3 aromatic rings. The van der Waals surface area contributed by atoms with Crippen LogP contribution in [0.4, 0.5) is 5.95 Å². The first-order valence-corrected chi connectivity index (χ1v) is 7.87. The van der Waals surface area contributed by atoms with E-state index in [0.29, 0.717) is 6.54 Å². The standard InChI is InChI=1S/C14H17N9O3/c1-3-22-12(4-6-16-22)10(2)17-13(24)11-5-7-20(18-11)9-21-8-15-14(19-21)23(25)26/h4-8,10H,3,9H2,1-2H3,(H,17,24). The van der Waals surface area contributed by atoms with Crippen molar-refractivity contribution in [1.82, 2.24) is 39.6 Å². The number of nitro groups is 1. The Labute approximate surface area is 147 Å². The van der Waals surface area contributed by atoms with Crippen LogP contribution in [0.3, 0.4) is 0 Å². The van der Waals surface area contributed by atoms with Crippen molar-refractivity contribution < 1.29 is 9.72 Å². The van der Waals surface area contributed by atoms with E-state index in [-0.39, 0.29) is 24.3 Å². The molecule has 0 aliphatic heterocycles. The van der Waals surface area contributed by atoms with E-state index in [4.69, 9.17) is 0 Å². The molecule has 0 aromatic carbocycles. The molecule has 0 aliphatic rings. The molecular formula is C14H17N9O3. The highest BCUT2D eigenvalue weighted by Gasteiger charge is 2.17. The van der Waals surface area contributed by atoms with Crippen LogP contribution in [-0.4, -0.2) is 45.2 Å². The number of hydrogen-bond acceptors (Lipinski definition) is 7. The van der Waals surface area contributed by atoms with E-state index in [9.17, 15) is 14.9 Å². The molecule has 12 nitrogen and oxygen atoms in total. The normalized spacial score (nSPS) is 12.1. The highest BCUT2D eigenvalue weighted by atomic mass is 16.6. The average molecular weight is 359 g/mol. The van der Waals surface area contributed by atoms with Crippen molar-refractivity contribution >= 4 is 11.9 Å². The van der Waals surface area contributed by atoms with Crippen molar-refractivity contribution in [2.45, 2.75) is 33.1 Å². The quantitative estimate of drug-likeness (QED) is 0.481. The van der Waals surface area contributed by atoms with E-state index in [0.717, 1.165) is 5.69 Å². The minimum absolute atomic E-state index is 0.103. The Kier molecular flexibility index (Phi) is 4.73. The first-order chi connectivity index (χ1) is 12.5. The van der Waals surface area contributed by atoms with Crippen molar-refractivity contribution in [2.24, 2.45) is 0 Å². The highest BCUT2D eigenvalue weighted by molar-refractivity contribution is 5.92. The fraction of sp³-hybridized carbons (Fsp3) is 0.357. The van der Waals surface area contributed by atoms with E-state index >= 15 is 0 Å². The van der Waals surface area contributed by atoms with Crippen molar-refractivity contribution in [3.05, 3.63) is 52.4 Å². The lowest BCUT2D eigenvalue weighted by molar-refractivity contribution is -0.394. The highest BCUT2D eigenvalue weighted by Crippen LogP contribution is 2.12. The summed E-state index contributed by atoms with van der Waals surface area (Å²) < 4.78 is 4.50. The Morgan fingerprint density at radius 3 is 2.85 bits per heavy atom. The second kappa shape index (κ2) is 7.13. The van der Waals surface area contributed by atoms with E-state index in [1.54, 1.807) is 23.1 Å². The monoisotopic (exact) mass is 359 g/mol. The minimum Gasteiger partial charge on any atom is -0.390 e. The summed E-state index contributed by atoms with van der Waals surface area (Å²) in [6.07, 6.45) is 4.50. The van der Waals surface area contributed by atoms with Gasteiger partial charge in [0, 0.05) is 24.0 Å². The van der Waals surface area contributed by atoms with Gasteiger partial charge in [-0.15, -0.1) is 0 Å². The van der Waals surface area contributed by atoms with Gasteiger partial charge in [0.05, 0.1) is 11.7 Å². The van der Waals surface area contributed by atoms with Crippen LogP contribution < -0.4 is 5.32 Å². The van der Waals surface area contributed by atoms with Gasteiger partial charge >= 0.3 is 5.95 Å². The van der Waals surface area contributed by atoms with Crippen LogP contribution in [0.1, 0.15) is 36.1 Å². The predicted octanol–water partition coefficient (Wildman–Crippen LogP) is 0.596. The maximum Gasteiger partial charge on any atom is 0.491 e. The summed E-state index contributed by atoms with van der Waals surface area (Å²) in [5, 5.41) is 25.5. The zero-order valence-electron chi connectivity index (χ0n) is 14.2. The third-order valence-electron chi connectivity index (χ3n) is 3.69. The Morgan fingerprint density at radius 2 is 2.15 bits per heavy atom. The molecule has 0 saturated heterocycles. The molecule has 1 N–H and O–H groups in total. The molecule has 26 heavy (non-hydrogen) atoms. The Bertz CT molecular complexity index is 926. The number of rotatable bonds is 7. The molecule has 1 unspecified atom stereocenters. The lowest BCUT2D eigenvalue weighted by Crippen LogP contribution is -2.28. The van der Waals surface area contributed by atoms with Gasteiger partial charge in [0.1, 0.15) is 5.69 Å². The fourth-order valence-corrected chi connectivity index (χ4v) is 2.47. The zero-order chi connectivity index (χ0) is 18.7. The molecule has 3 heterocycles. The molecule has 136 valence electrons. The molecule has 12 heteroatoms. The van der Waals surface area contributed by atoms with Crippen LogP contribution in [-0.2, 0) is 13.2 Å². The molecule has 3 rings (SSSR count). The molecule has 3 aromatic heterocycles. The van der Waals surface area contributed by atoms with Crippen LogP contribution in [0.2, 0.25) is 0 Å². The van der Waals surface area contributed by atoms with E-state index in [2.05, 4.69) is 25.6 Å². The second-order valence-electron chi connectivity index (χ2n) is 5.49. The Balaban J connectivity index is 1.65. The topological polar surface area (TPSA) is 139 Å². The molecule has 1 atom stereocenters.